The lowest BCUT2D eigenvalue weighted by atomic mass is 9.93. The third-order valence-electron chi connectivity index (χ3n) is 4.19. The molecule has 1 heterocycles. The van der Waals surface area contributed by atoms with Crippen molar-refractivity contribution >= 4 is 17.6 Å². The first-order valence-corrected chi connectivity index (χ1v) is 6.72. The van der Waals surface area contributed by atoms with Gasteiger partial charge in [-0.15, -0.1) is 0 Å². The average Bonchev–Trinajstić information content (AvgIpc) is 2.75. The Hall–Kier alpha value is -1.88. The molecule has 1 saturated carbocycles. The van der Waals surface area contributed by atoms with E-state index >= 15 is 0 Å². The third kappa shape index (κ3) is 1.65. The zero-order valence-corrected chi connectivity index (χ0v) is 10.8. The van der Waals surface area contributed by atoms with E-state index in [1.807, 2.05) is 6.07 Å². The van der Waals surface area contributed by atoms with Crippen LogP contribution in [0.5, 0.6) is 0 Å². The Labute approximate surface area is 112 Å². The maximum Gasteiger partial charge on any atom is 0.446 e. The van der Waals surface area contributed by atoms with Crippen LogP contribution in [-0.4, -0.2) is 17.9 Å². The maximum atomic E-state index is 12.2. The summed E-state index contributed by atoms with van der Waals surface area (Å²) in [6, 6.07) is 8.06. The molecule has 0 spiro atoms. The van der Waals surface area contributed by atoms with Gasteiger partial charge in [0.2, 0.25) is 0 Å². The summed E-state index contributed by atoms with van der Waals surface area (Å²) in [6.45, 7) is 0. The summed E-state index contributed by atoms with van der Waals surface area (Å²) in [4.78, 5) is 12.2. The second kappa shape index (κ2) is 4.35. The molecule has 4 N–H and O–H groups in total. The molecule has 1 atom stereocenters. The SMILES string of the molecule is NC(=O)[N+]1(C2CCCCC2)N=C(N)c2c[c]ccc21. The van der Waals surface area contributed by atoms with Crippen molar-refractivity contribution in [2.45, 2.75) is 38.1 Å². The fraction of sp³-hybridized carbons (Fsp3) is 0.429. The summed E-state index contributed by atoms with van der Waals surface area (Å²) in [5, 5.41) is 4.45. The standard InChI is InChI=1S/C14H17N4O/c15-13-11-8-4-5-9-12(11)18(17-13,14(16)19)10-6-2-1-3-7-10/h5,8-10H,1-3,6-7H2,(H3-,15,16,17,19)/p+1. The van der Waals surface area contributed by atoms with Gasteiger partial charge < -0.3 is 11.5 Å². The fourth-order valence-corrected chi connectivity index (χ4v) is 3.28. The molecule has 1 aromatic rings. The van der Waals surface area contributed by atoms with Gasteiger partial charge >= 0.3 is 6.03 Å². The summed E-state index contributed by atoms with van der Waals surface area (Å²) < 4.78 is -0.157. The number of carbonyl (C=O) groups is 1. The molecule has 5 nitrogen and oxygen atoms in total. The van der Waals surface area contributed by atoms with Gasteiger partial charge in [-0.2, -0.15) is 0 Å². The first kappa shape index (κ1) is 12.2. The number of benzene rings is 1. The van der Waals surface area contributed by atoms with Crippen molar-refractivity contribution in [3.8, 4) is 0 Å². The van der Waals surface area contributed by atoms with Crippen LogP contribution in [-0.2, 0) is 0 Å². The molecule has 19 heavy (non-hydrogen) atoms. The quantitative estimate of drug-likeness (QED) is 0.753. The Balaban J connectivity index is 2.15. The van der Waals surface area contributed by atoms with Crippen molar-refractivity contribution in [2.24, 2.45) is 16.6 Å². The lowest BCUT2D eigenvalue weighted by molar-refractivity contribution is 0.170. The highest BCUT2D eigenvalue weighted by atomic mass is 16.2. The number of amides is 2. The first-order valence-electron chi connectivity index (χ1n) is 6.72. The average molecular weight is 258 g/mol. The number of amidine groups is 1. The number of quaternary nitrogens is 1. The summed E-state index contributed by atoms with van der Waals surface area (Å²) in [5.74, 6) is 0.385. The number of rotatable bonds is 1. The second-order valence-corrected chi connectivity index (χ2v) is 5.24. The molecule has 3 rings (SSSR count). The van der Waals surface area contributed by atoms with E-state index in [-0.39, 0.29) is 10.6 Å². The molecule has 1 aliphatic carbocycles. The van der Waals surface area contributed by atoms with Crippen LogP contribution in [0.25, 0.3) is 0 Å². The molecule has 0 bridgehead atoms. The Morgan fingerprint density at radius 1 is 1.37 bits per heavy atom. The summed E-state index contributed by atoms with van der Waals surface area (Å²) in [6.07, 6.45) is 5.35. The van der Waals surface area contributed by atoms with Crippen molar-refractivity contribution in [2.75, 3.05) is 0 Å². The highest BCUT2D eigenvalue weighted by molar-refractivity contribution is 6.09. The van der Waals surface area contributed by atoms with Gasteiger partial charge in [0.25, 0.3) is 0 Å². The van der Waals surface area contributed by atoms with E-state index in [2.05, 4.69) is 11.2 Å². The van der Waals surface area contributed by atoms with Crippen LogP contribution in [0.3, 0.4) is 0 Å². The van der Waals surface area contributed by atoms with Crippen LogP contribution >= 0.6 is 0 Å². The lowest BCUT2D eigenvalue weighted by Crippen LogP contribution is -2.59. The topological polar surface area (TPSA) is 81.5 Å². The van der Waals surface area contributed by atoms with E-state index < -0.39 is 6.03 Å². The smallest absolute Gasteiger partial charge is 0.379 e. The van der Waals surface area contributed by atoms with E-state index in [1.54, 1.807) is 12.1 Å². The van der Waals surface area contributed by atoms with Crippen molar-refractivity contribution in [3.05, 3.63) is 29.8 Å². The van der Waals surface area contributed by atoms with Crippen LogP contribution in [0.15, 0.2) is 23.3 Å². The van der Waals surface area contributed by atoms with Gasteiger partial charge in [-0.1, -0.05) is 11.0 Å². The fourth-order valence-electron chi connectivity index (χ4n) is 3.28. The molecule has 1 fully saturated rings. The van der Waals surface area contributed by atoms with Crippen LogP contribution in [0.4, 0.5) is 10.5 Å². The normalized spacial score (nSPS) is 26.8. The van der Waals surface area contributed by atoms with Crippen LogP contribution < -0.4 is 16.1 Å². The van der Waals surface area contributed by atoms with Gasteiger partial charge in [-0.25, -0.2) is 4.79 Å². The highest BCUT2D eigenvalue weighted by Gasteiger charge is 2.52. The molecule has 1 radical (unpaired) electrons. The number of primary amides is 1. The summed E-state index contributed by atoms with van der Waals surface area (Å²) >= 11 is 0. The number of fused-ring (bicyclic) bond motifs is 1. The van der Waals surface area contributed by atoms with E-state index in [1.165, 1.54) is 6.42 Å². The van der Waals surface area contributed by atoms with Gasteiger partial charge in [0.05, 0.1) is 5.56 Å². The number of hydrogen-bond acceptors (Lipinski definition) is 3. The summed E-state index contributed by atoms with van der Waals surface area (Å²) in [7, 11) is 0. The van der Waals surface area contributed by atoms with Gasteiger partial charge in [0.15, 0.2) is 11.5 Å². The molecular weight excluding hydrogens is 240 g/mol. The predicted octanol–water partition coefficient (Wildman–Crippen LogP) is 1.84. The highest BCUT2D eigenvalue weighted by Crippen LogP contribution is 2.40. The lowest BCUT2D eigenvalue weighted by Gasteiger charge is -2.34. The van der Waals surface area contributed by atoms with Crippen molar-refractivity contribution in [1.29, 1.82) is 0 Å². The van der Waals surface area contributed by atoms with Crippen LogP contribution in [0.1, 0.15) is 37.7 Å². The van der Waals surface area contributed by atoms with Crippen molar-refractivity contribution < 1.29 is 4.79 Å². The molecule has 2 amide bonds. The Bertz CT molecular complexity index is 548. The van der Waals surface area contributed by atoms with Crippen LogP contribution in [0.2, 0.25) is 0 Å². The Kier molecular flexibility index (Phi) is 2.78. The Morgan fingerprint density at radius 2 is 2.11 bits per heavy atom. The molecule has 99 valence electrons. The minimum atomic E-state index is -0.445. The zero-order valence-electron chi connectivity index (χ0n) is 10.8. The number of hydrogen-bond donors (Lipinski definition) is 2. The molecular formula is C14H18N4O+. The first-order chi connectivity index (χ1) is 9.16. The predicted molar refractivity (Wildman–Crippen MR) is 74.3 cm³/mol. The van der Waals surface area contributed by atoms with E-state index in [0.717, 1.165) is 36.9 Å². The molecule has 1 aromatic carbocycles. The van der Waals surface area contributed by atoms with E-state index in [0.29, 0.717) is 5.84 Å². The van der Waals surface area contributed by atoms with Crippen molar-refractivity contribution in [3.63, 3.8) is 0 Å². The molecule has 5 heteroatoms. The van der Waals surface area contributed by atoms with Gasteiger partial charge in [-0.3, -0.25) is 0 Å². The van der Waals surface area contributed by atoms with Gasteiger partial charge in [0.1, 0.15) is 6.04 Å². The van der Waals surface area contributed by atoms with E-state index in [4.69, 9.17) is 11.5 Å². The minimum absolute atomic E-state index is 0.105. The number of urea groups is 1. The van der Waals surface area contributed by atoms with Crippen molar-refractivity contribution in [1.82, 2.24) is 4.59 Å². The third-order valence-corrected chi connectivity index (χ3v) is 4.19. The molecule has 1 unspecified atom stereocenters. The number of carbonyl (C=O) groups excluding carboxylic acids is 1. The molecule has 0 aromatic heterocycles. The van der Waals surface area contributed by atoms with Gasteiger partial charge in [-0.05, 0) is 36.1 Å². The number of nitrogens with zero attached hydrogens (tertiary/aromatic N) is 2. The number of nitrogens with two attached hydrogens (primary N) is 2. The van der Waals surface area contributed by atoms with Gasteiger partial charge in [0, 0.05) is 18.9 Å². The largest absolute Gasteiger partial charge is 0.446 e. The monoisotopic (exact) mass is 258 g/mol. The molecule has 1 aliphatic heterocycles. The molecule has 2 aliphatic rings. The second-order valence-electron chi connectivity index (χ2n) is 5.24. The summed E-state index contributed by atoms with van der Waals surface area (Å²) in [5.41, 5.74) is 13.3. The zero-order chi connectivity index (χ0) is 13.5. The maximum absolute atomic E-state index is 12.2. The van der Waals surface area contributed by atoms with E-state index in [9.17, 15) is 4.79 Å². The molecule has 0 saturated heterocycles. The minimum Gasteiger partial charge on any atom is -0.379 e. The van der Waals surface area contributed by atoms with Crippen LogP contribution in [0, 0.1) is 6.07 Å². The Morgan fingerprint density at radius 3 is 2.79 bits per heavy atom.